The Bertz CT molecular complexity index is 365. The number of benzene rings is 1. The van der Waals surface area contributed by atoms with Crippen molar-refractivity contribution in [2.24, 2.45) is 0 Å². The van der Waals surface area contributed by atoms with Gasteiger partial charge in [-0.15, -0.1) is 5.92 Å². The van der Waals surface area contributed by atoms with E-state index in [0.29, 0.717) is 18.1 Å². The lowest BCUT2D eigenvalue weighted by molar-refractivity contribution is 0.623. The van der Waals surface area contributed by atoms with Gasteiger partial charge in [0.2, 0.25) is 0 Å². The summed E-state index contributed by atoms with van der Waals surface area (Å²) in [4.78, 5) is 0. The standard InChI is InChI=1S/C11H11ClFN/c1-2-3-6-14-8-9-7-10(13)4-5-11(9)12/h4-5,7,14H,6,8H2,1H3. The van der Waals surface area contributed by atoms with Gasteiger partial charge in [0.25, 0.3) is 0 Å². The van der Waals surface area contributed by atoms with Crippen molar-refractivity contribution in [3.05, 3.63) is 34.6 Å². The lowest BCUT2D eigenvalue weighted by atomic mass is 10.2. The molecule has 0 heterocycles. The van der Waals surface area contributed by atoms with E-state index in [0.717, 1.165) is 5.56 Å². The first-order chi connectivity index (χ1) is 6.74. The van der Waals surface area contributed by atoms with E-state index in [1.54, 1.807) is 13.0 Å². The Hall–Kier alpha value is -1.04. The molecule has 74 valence electrons. The Kier molecular flexibility index (Phi) is 4.45. The zero-order valence-electron chi connectivity index (χ0n) is 7.90. The normalized spacial score (nSPS) is 9.36. The second-order valence-electron chi connectivity index (χ2n) is 2.77. The second-order valence-corrected chi connectivity index (χ2v) is 3.17. The van der Waals surface area contributed by atoms with Crippen LogP contribution in [0.15, 0.2) is 18.2 Å². The summed E-state index contributed by atoms with van der Waals surface area (Å²) in [7, 11) is 0. The third-order valence-corrected chi connectivity index (χ3v) is 2.08. The molecule has 0 fully saturated rings. The summed E-state index contributed by atoms with van der Waals surface area (Å²) >= 11 is 5.87. The first kappa shape index (κ1) is 11.0. The molecule has 0 aliphatic rings. The summed E-state index contributed by atoms with van der Waals surface area (Å²) in [6.07, 6.45) is 0. The van der Waals surface area contributed by atoms with Crippen LogP contribution in [0.5, 0.6) is 0 Å². The zero-order valence-corrected chi connectivity index (χ0v) is 8.66. The molecule has 0 aromatic heterocycles. The van der Waals surface area contributed by atoms with E-state index in [1.807, 2.05) is 0 Å². The van der Waals surface area contributed by atoms with Crippen LogP contribution in [0.2, 0.25) is 5.02 Å². The minimum absolute atomic E-state index is 0.271. The smallest absolute Gasteiger partial charge is 0.123 e. The Balaban J connectivity index is 2.56. The van der Waals surface area contributed by atoms with E-state index in [2.05, 4.69) is 17.2 Å². The second kappa shape index (κ2) is 5.64. The van der Waals surface area contributed by atoms with Gasteiger partial charge in [-0.1, -0.05) is 17.5 Å². The molecular weight excluding hydrogens is 201 g/mol. The minimum atomic E-state index is -0.271. The SMILES string of the molecule is CC#CCNCc1cc(F)ccc1Cl. The van der Waals surface area contributed by atoms with Crippen molar-refractivity contribution in [1.29, 1.82) is 0 Å². The Labute approximate surface area is 88.3 Å². The zero-order chi connectivity index (χ0) is 10.4. The maximum Gasteiger partial charge on any atom is 0.123 e. The molecule has 0 unspecified atom stereocenters. The van der Waals surface area contributed by atoms with E-state index in [-0.39, 0.29) is 5.82 Å². The van der Waals surface area contributed by atoms with Gasteiger partial charge in [-0.2, -0.15) is 0 Å². The van der Waals surface area contributed by atoms with Gasteiger partial charge in [0.15, 0.2) is 0 Å². The predicted octanol–water partition coefficient (Wildman–Crippen LogP) is 2.59. The average Bonchev–Trinajstić information content (AvgIpc) is 2.18. The van der Waals surface area contributed by atoms with Gasteiger partial charge in [0.05, 0.1) is 6.54 Å². The fraction of sp³-hybridized carbons (Fsp3) is 0.273. The van der Waals surface area contributed by atoms with Crippen LogP contribution >= 0.6 is 11.6 Å². The average molecular weight is 212 g/mol. The van der Waals surface area contributed by atoms with Gasteiger partial charge in [-0.3, -0.25) is 0 Å². The molecule has 14 heavy (non-hydrogen) atoms. The third kappa shape index (κ3) is 3.37. The third-order valence-electron chi connectivity index (χ3n) is 1.71. The molecule has 0 saturated heterocycles. The molecule has 1 nitrogen and oxygen atoms in total. The van der Waals surface area contributed by atoms with Crippen molar-refractivity contribution in [3.63, 3.8) is 0 Å². The number of nitrogens with one attached hydrogen (secondary N) is 1. The van der Waals surface area contributed by atoms with Crippen molar-refractivity contribution < 1.29 is 4.39 Å². The highest BCUT2D eigenvalue weighted by molar-refractivity contribution is 6.31. The van der Waals surface area contributed by atoms with E-state index in [1.165, 1.54) is 12.1 Å². The van der Waals surface area contributed by atoms with Crippen LogP contribution in [0.25, 0.3) is 0 Å². The molecule has 1 aromatic carbocycles. The number of rotatable bonds is 3. The maximum atomic E-state index is 12.8. The number of hydrogen-bond donors (Lipinski definition) is 1. The molecule has 1 rings (SSSR count). The van der Waals surface area contributed by atoms with Crippen LogP contribution in [-0.2, 0) is 6.54 Å². The lowest BCUT2D eigenvalue weighted by Crippen LogP contribution is -2.13. The number of halogens is 2. The van der Waals surface area contributed by atoms with Crippen molar-refractivity contribution in [1.82, 2.24) is 5.32 Å². The summed E-state index contributed by atoms with van der Waals surface area (Å²) in [6.45, 7) is 2.89. The highest BCUT2D eigenvalue weighted by Gasteiger charge is 2.00. The molecule has 0 amide bonds. The van der Waals surface area contributed by atoms with E-state index >= 15 is 0 Å². The summed E-state index contributed by atoms with van der Waals surface area (Å²) < 4.78 is 12.8. The molecule has 0 aliphatic carbocycles. The monoisotopic (exact) mass is 211 g/mol. The van der Waals surface area contributed by atoms with Gasteiger partial charge in [-0.05, 0) is 30.7 Å². The molecule has 0 saturated carbocycles. The van der Waals surface area contributed by atoms with Crippen LogP contribution in [0.3, 0.4) is 0 Å². The molecule has 1 aromatic rings. The molecule has 0 spiro atoms. The summed E-state index contributed by atoms with van der Waals surface area (Å²) in [5.74, 6) is 5.34. The Morgan fingerprint density at radius 3 is 3.00 bits per heavy atom. The molecule has 0 radical (unpaired) electrons. The molecule has 0 aliphatic heterocycles. The van der Waals surface area contributed by atoms with Crippen molar-refractivity contribution in [2.45, 2.75) is 13.5 Å². The van der Waals surface area contributed by atoms with Gasteiger partial charge < -0.3 is 5.32 Å². The van der Waals surface area contributed by atoms with E-state index in [4.69, 9.17) is 11.6 Å². The largest absolute Gasteiger partial charge is 0.302 e. The molecule has 1 N–H and O–H groups in total. The summed E-state index contributed by atoms with van der Waals surface area (Å²) in [6, 6.07) is 4.33. The van der Waals surface area contributed by atoms with Crippen LogP contribution in [-0.4, -0.2) is 6.54 Å². The fourth-order valence-electron chi connectivity index (χ4n) is 1.03. The lowest BCUT2D eigenvalue weighted by Gasteiger charge is -2.03. The molecular formula is C11H11ClFN. The van der Waals surface area contributed by atoms with Gasteiger partial charge >= 0.3 is 0 Å². The van der Waals surface area contributed by atoms with Gasteiger partial charge in [0.1, 0.15) is 5.82 Å². The number of hydrogen-bond acceptors (Lipinski definition) is 1. The summed E-state index contributed by atoms with van der Waals surface area (Å²) in [5, 5.41) is 3.62. The Morgan fingerprint density at radius 2 is 2.29 bits per heavy atom. The van der Waals surface area contributed by atoms with Gasteiger partial charge in [-0.25, -0.2) is 4.39 Å². The maximum absolute atomic E-state index is 12.8. The van der Waals surface area contributed by atoms with E-state index < -0.39 is 0 Å². The molecule has 0 bridgehead atoms. The highest BCUT2D eigenvalue weighted by Crippen LogP contribution is 2.16. The fourth-order valence-corrected chi connectivity index (χ4v) is 1.21. The van der Waals surface area contributed by atoms with Gasteiger partial charge in [0, 0.05) is 11.6 Å². The molecule has 3 heteroatoms. The minimum Gasteiger partial charge on any atom is -0.302 e. The van der Waals surface area contributed by atoms with Crippen LogP contribution in [0.1, 0.15) is 12.5 Å². The van der Waals surface area contributed by atoms with E-state index in [9.17, 15) is 4.39 Å². The van der Waals surface area contributed by atoms with Crippen LogP contribution < -0.4 is 5.32 Å². The quantitative estimate of drug-likeness (QED) is 0.599. The highest BCUT2D eigenvalue weighted by atomic mass is 35.5. The Morgan fingerprint density at radius 1 is 1.50 bits per heavy atom. The predicted molar refractivity (Wildman–Crippen MR) is 56.6 cm³/mol. The van der Waals surface area contributed by atoms with Crippen molar-refractivity contribution >= 4 is 11.6 Å². The topological polar surface area (TPSA) is 12.0 Å². The van der Waals surface area contributed by atoms with Crippen molar-refractivity contribution in [2.75, 3.05) is 6.54 Å². The van der Waals surface area contributed by atoms with Crippen molar-refractivity contribution in [3.8, 4) is 11.8 Å². The molecule has 0 atom stereocenters. The van der Waals surface area contributed by atoms with Crippen LogP contribution in [0.4, 0.5) is 4.39 Å². The van der Waals surface area contributed by atoms with Crippen LogP contribution in [0, 0.1) is 17.7 Å². The summed E-state index contributed by atoms with van der Waals surface area (Å²) in [5.41, 5.74) is 0.754. The first-order valence-electron chi connectivity index (χ1n) is 4.28. The first-order valence-corrected chi connectivity index (χ1v) is 4.66.